The molecule has 4 N–H and O–H groups in total. The normalized spacial score (nSPS) is 13.9. The third-order valence-electron chi connectivity index (χ3n) is 2.16. The van der Waals surface area contributed by atoms with Gasteiger partial charge in [0.1, 0.15) is 17.5 Å². The van der Waals surface area contributed by atoms with Crippen molar-refractivity contribution in [1.29, 1.82) is 0 Å². The van der Waals surface area contributed by atoms with Crippen LogP contribution in [0.25, 0.3) is 0 Å². The van der Waals surface area contributed by atoms with E-state index in [0.717, 1.165) is 12.3 Å². The first-order chi connectivity index (χ1) is 8.32. The molecule has 0 radical (unpaired) electrons. The lowest BCUT2D eigenvalue weighted by Gasteiger charge is -2.17. The Morgan fingerprint density at radius 3 is 2.72 bits per heavy atom. The van der Waals surface area contributed by atoms with E-state index in [9.17, 15) is 25.1 Å². The SMILES string of the molecule is NC(=O)CC(O)C(O)c1cc([N+](=O)[O-])cnc1Cl. The number of primary amides is 1. The number of carbonyl (C=O) groups excluding carboxylic acids is 1. The van der Waals surface area contributed by atoms with Gasteiger partial charge in [-0.15, -0.1) is 0 Å². The number of aliphatic hydroxyl groups excluding tert-OH is 2. The monoisotopic (exact) mass is 275 g/mol. The van der Waals surface area contributed by atoms with Gasteiger partial charge in [-0.2, -0.15) is 0 Å². The maximum Gasteiger partial charge on any atom is 0.288 e. The van der Waals surface area contributed by atoms with Crippen LogP contribution in [0, 0.1) is 10.1 Å². The van der Waals surface area contributed by atoms with Gasteiger partial charge < -0.3 is 15.9 Å². The summed E-state index contributed by atoms with van der Waals surface area (Å²) in [6.07, 6.45) is -2.68. The Kier molecular flexibility index (Phi) is 4.54. The van der Waals surface area contributed by atoms with E-state index in [1.165, 1.54) is 0 Å². The van der Waals surface area contributed by atoms with Crippen LogP contribution in [0.3, 0.4) is 0 Å². The Labute approximate surface area is 106 Å². The van der Waals surface area contributed by atoms with E-state index in [-0.39, 0.29) is 16.4 Å². The van der Waals surface area contributed by atoms with E-state index >= 15 is 0 Å². The van der Waals surface area contributed by atoms with Crippen molar-refractivity contribution < 1.29 is 19.9 Å². The number of carbonyl (C=O) groups is 1. The molecule has 0 fully saturated rings. The highest BCUT2D eigenvalue weighted by Gasteiger charge is 2.25. The summed E-state index contributed by atoms with van der Waals surface area (Å²) in [5.74, 6) is -0.823. The Balaban J connectivity index is 3.03. The highest BCUT2D eigenvalue weighted by molar-refractivity contribution is 6.30. The maximum absolute atomic E-state index is 10.6. The molecule has 1 aromatic heterocycles. The standard InChI is InChI=1S/C9H10ClN3O5/c10-9-5(1-4(3-12-9)13(17)18)8(16)6(14)2-7(11)15/h1,3,6,8,14,16H,2H2,(H2,11,15). The second-order valence-corrected chi connectivity index (χ2v) is 3.87. The van der Waals surface area contributed by atoms with Gasteiger partial charge in [0.25, 0.3) is 5.69 Å². The van der Waals surface area contributed by atoms with Crippen LogP contribution in [0.2, 0.25) is 5.15 Å². The molecular weight excluding hydrogens is 266 g/mol. The van der Waals surface area contributed by atoms with Crippen molar-refractivity contribution in [2.45, 2.75) is 18.6 Å². The number of rotatable bonds is 5. The molecule has 2 unspecified atom stereocenters. The number of nitro groups is 1. The van der Waals surface area contributed by atoms with Crippen molar-refractivity contribution in [3.63, 3.8) is 0 Å². The fourth-order valence-electron chi connectivity index (χ4n) is 1.29. The van der Waals surface area contributed by atoms with Gasteiger partial charge in [-0.1, -0.05) is 11.6 Å². The van der Waals surface area contributed by atoms with Gasteiger partial charge in [0.05, 0.1) is 17.4 Å². The van der Waals surface area contributed by atoms with Crippen molar-refractivity contribution in [2.75, 3.05) is 0 Å². The summed E-state index contributed by atoms with van der Waals surface area (Å²) in [5, 5.41) is 29.5. The molecule has 1 amide bonds. The second-order valence-electron chi connectivity index (χ2n) is 3.51. The fourth-order valence-corrected chi connectivity index (χ4v) is 1.50. The molecule has 8 nitrogen and oxygen atoms in total. The van der Waals surface area contributed by atoms with Crippen molar-refractivity contribution in [3.8, 4) is 0 Å². The molecule has 18 heavy (non-hydrogen) atoms. The van der Waals surface area contributed by atoms with Crippen LogP contribution < -0.4 is 5.73 Å². The van der Waals surface area contributed by atoms with Crippen LogP contribution in [0.15, 0.2) is 12.3 Å². The largest absolute Gasteiger partial charge is 0.390 e. The summed E-state index contributed by atoms with van der Waals surface area (Å²) in [6, 6.07) is 0.976. The number of hydrogen-bond acceptors (Lipinski definition) is 6. The number of hydrogen-bond donors (Lipinski definition) is 3. The van der Waals surface area contributed by atoms with E-state index in [1.807, 2.05) is 0 Å². The summed E-state index contributed by atoms with van der Waals surface area (Å²) in [7, 11) is 0. The number of amides is 1. The van der Waals surface area contributed by atoms with Gasteiger partial charge in [0, 0.05) is 11.6 Å². The van der Waals surface area contributed by atoms with Crippen LogP contribution in [0.1, 0.15) is 18.1 Å². The molecule has 0 aromatic carbocycles. The van der Waals surface area contributed by atoms with E-state index < -0.39 is 29.5 Å². The fraction of sp³-hybridized carbons (Fsp3) is 0.333. The Morgan fingerprint density at radius 2 is 2.22 bits per heavy atom. The predicted octanol–water partition coefficient (Wildman–Crippen LogP) is -0.0871. The predicted molar refractivity (Wildman–Crippen MR) is 60.7 cm³/mol. The molecule has 0 spiro atoms. The minimum absolute atomic E-state index is 0.139. The van der Waals surface area contributed by atoms with Crippen LogP contribution in [-0.4, -0.2) is 32.1 Å². The van der Waals surface area contributed by atoms with Gasteiger partial charge in [-0.05, 0) is 0 Å². The van der Waals surface area contributed by atoms with E-state index in [2.05, 4.69) is 4.98 Å². The first kappa shape index (κ1) is 14.3. The molecule has 1 heterocycles. The third kappa shape index (κ3) is 3.36. The first-order valence-corrected chi connectivity index (χ1v) is 5.15. The molecule has 0 aliphatic rings. The summed E-state index contributed by atoms with van der Waals surface area (Å²) < 4.78 is 0. The van der Waals surface area contributed by atoms with E-state index in [1.54, 1.807) is 0 Å². The van der Waals surface area contributed by atoms with E-state index in [4.69, 9.17) is 17.3 Å². The zero-order chi connectivity index (χ0) is 13.9. The van der Waals surface area contributed by atoms with Crippen molar-refractivity contribution in [1.82, 2.24) is 4.98 Å². The Morgan fingerprint density at radius 1 is 1.61 bits per heavy atom. The molecule has 1 rings (SSSR count). The van der Waals surface area contributed by atoms with Crippen molar-refractivity contribution >= 4 is 23.2 Å². The van der Waals surface area contributed by atoms with Crippen molar-refractivity contribution in [2.24, 2.45) is 5.73 Å². The summed E-state index contributed by atoms with van der Waals surface area (Å²) in [6.45, 7) is 0. The van der Waals surface area contributed by atoms with Crippen LogP contribution in [0.5, 0.6) is 0 Å². The summed E-state index contributed by atoms with van der Waals surface area (Å²) >= 11 is 5.66. The molecular formula is C9H10ClN3O5. The number of nitrogens with two attached hydrogens (primary N) is 1. The quantitative estimate of drug-likeness (QED) is 0.390. The van der Waals surface area contributed by atoms with Gasteiger partial charge >= 0.3 is 0 Å². The zero-order valence-corrected chi connectivity index (χ0v) is 9.74. The van der Waals surface area contributed by atoms with E-state index in [0.29, 0.717) is 0 Å². The molecule has 0 bridgehead atoms. The Hall–Kier alpha value is -1.77. The van der Waals surface area contributed by atoms with Crippen LogP contribution in [-0.2, 0) is 4.79 Å². The van der Waals surface area contributed by atoms with Crippen LogP contribution >= 0.6 is 11.6 Å². The molecule has 98 valence electrons. The highest BCUT2D eigenvalue weighted by Crippen LogP contribution is 2.27. The molecule has 1 aromatic rings. The van der Waals surface area contributed by atoms with Gasteiger partial charge in [0.15, 0.2) is 0 Å². The lowest BCUT2D eigenvalue weighted by Crippen LogP contribution is -2.26. The molecule has 0 aliphatic carbocycles. The summed E-state index contributed by atoms with van der Waals surface area (Å²) in [4.78, 5) is 23.9. The minimum Gasteiger partial charge on any atom is -0.390 e. The summed E-state index contributed by atoms with van der Waals surface area (Å²) in [5.41, 5.74) is 4.33. The average Bonchev–Trinajstić information content (AvgIpc) is 2.27. The van der Waals surface area contributed by atoms with Gasteiger partial charge in [0.2, 0.25) is 5.91 Å². The first-order valence-electron chi connectivity index (χ1n) is 4.77. The number of aliphatic hydroxyl groups is 2. The van der Waals surface area contributed by atoms with Gasteiger partial charge in [-0.3, -0.25) is 14.9 Å². The maximum atomic E-state index is 10.6. The van der Waals surface area contributed by atoms with Gasteiger partial charge in [-0.25, -0.2) is 4.98 Å². The molecule has 2 atom stereocenters. The molecule has 9 heteroatoms. The van der Waals surface area contributed by atoms with Crippen molar-refractivity contribution in [3.05, 3.63) is 33.1 Å². The lowest BCUT2D eigenvalue weighted by atomic mass is 10.0. The topological polar surface area (TPSA) is 140 Å². The number of nitrogens with zero attached hydrogens (tertiary/aromatic N) is 2. The highest BCUT2D eigenvalue weighted by atomic mass is 35.5. The zero-order valence-electron chi connectivity index (χ0n) is 8.99. The lowest BCUT2D eigenvalue weighted by molar-refractivity contribution is -0.385. The van der Waals surface area contributed by atoms with Crippen LogP contribution in [0.4, 0.5) is 5.69 Å². The number of halogens is 1. The molecule has 0 saturated carbocycles. The number of pyridine rings is 1. The minimum atomic E-state index is -1.59. The Bertz CT molecular complexity index is 481. The molecule has 0 aliphatic heterocycles. The number of aromatic nitrogens is 1. The third-order valence-corrected chi connectivity index (χ3v) is 2.47. The smallest absolute Gasteiger partial charge is 0.288 e. The average molecular weight is 276 g/mol. The molecule has 0 saturated heterocycles. The second kappa shape index (κ2) is 5.71.